The molecule has 28 heavy (non-hydrogen) atoms. The molecule has 1 amide bonds. The summed E-state index contributed by atoms with van der Waals surface area (Å²) in [5.41, 5.74) is 0.936. The van der Waals surface area contributed by atoms with Crippen molar-refractivity contribution >= 4 is 44.8 Å². The van der Waals surface area contributed by atoms with Crippen LogP contribution in [0.25, 0.3) is 0 Å². The Hall–Kier alpha value is -1.80. The van der Waals surface area contributed by atoms with Crippen molar-refractivity contribution in [1.82, 2.24) is 4.31 Å². The van der Waals surface area contributed by atoms with Crippen LogP contribution in [0.4, 0.5) is 5.69 Å². The molecule has 1 atom stereocenters. The van der Waals surface area contributed by atoms with Crippen LogP contribution in [-0.2, 0) is 14.8 Å². The van der Waals surface area contributed by atoms with Gasteiger partial charge in [-0.05, 0) is 43.5 Å². The Kier molecular flexibility index (Phi) is 6.19. The fraction of sp³-hybridized carbons (Fsp3) is 0.316. The summed E-state index contributed by atoms with van der Waals surface area (Å²) in [5.74, 6) is 0.000809. The highest BCUT2D eigenvalue weighted by molar-refractivity contribution is 7.89. The Morgan fingerprint density at radius 1 is 1.25 bits per heavy atom. The van der Waals surface area contributed by atoms with Gasteiger partial charge in [0.1, 0.15) is 11.8 Å². The lowest BCUT2D eigenvalue weighted by atomic mass is 10.2. The van der Waals surface area contributed by atoms with Crippen molar-refractivity contribution in [3.8, 4) is 5.75 Å². The first-order chi connectivity index (χ1) is 13.3. The number of methoxy groups -OCH3 is 1. The summed E-state index contributed by atoms with van der Waals surface area (Å²) < 4.78 is 32.9. The van der Waals surface area contributed by atoms with E-state index in [1.165, 1.54) is 17.5 Å². The minimum atomic E-state index is -3.87. The molecule has 150 valence electrons. The fourth-order valence-electron chi connectivity index (χ4n) is 3.22. The Balaban J connectivity index is 1.90. The van der Waals surface area contributed by atoms with Crippen LogP contribution in [-0.4, -0.2) is 38.3 Å². The minimum absolute atomic E-state index is 0.132. The molecule has 1 aliphatic heterocycles. The van der Waals surface area contributed by atoms with Gasteiger partial charge in [0, 0.05) is 12.6 Å². The zero-order valence-electron chi connectivity index (χ0n) is 15.4. The molecule has 0 bridgehead atoms. The predicted molar refractivity (Wildman–Crippen MR) is 110 cm³/mol. The first-order valence-electron chi connectivity index (χ1n) is 8.67. The molecule has 3 rings (SSSR count). The number of hydrogen-bond acceptors (Lipinski definition) is 4. The maximum Gasteiger partial charge on any atom is 0.244 e. The molecule has 1 heterocycles. The number of hydrogen-bond donors (Lipinski definition) is 1. The van der Waals surface area contributed by atoms with Gasteiger partial charge < -0.3 is 10.1 Å². The maximum absolute atomic E-state index is 13.3. The van der Waals surface area contributed by atoms with E-state index in [-0.39, 0.29) is 16.5 Å². The van der Waals surface area contributed by atoms with E-state index >= 15 is 0 Å². The topological polar surface area (TPSA) is 75.7 Å². The van der Waals surface area contributed by atoms with Gasteiger partial charge in [0.05, 0.1) is 27.7 Å². The third-order valence-electron chi connectivity index (χ3n) is 4.70. The van der Waals surface area contributed by atoms with Gasteiger partial charge in [-0.3, -0.25) is 4.79 Å². The highest BCUT2D eigenvalue weighted by Crippen LogP contribution is 2.33. The first kappa shape index (κ1) is 20.9. The number of amides is 1. The minimum Gasteiger partial charge on any atom is -0.497 e. The molecule has 1 aliphatic rings. The highest BCUT2D eigenvalue weighted by atomic mass is 35.5. The van der Waals surface area contributed by atoms with E-state index in [0.717, 1.165) is 0 Å². The largest absolute Gasteiger partial charge is 0.497 e. The molecule has 0 aliphatic carbocycles. The second kappa shape index (κ2) is 8.29. The molecular formula is C19H20Cl2N2O4S. The molecule has 0 spiro atoms. The number of halogens is 2. The van der Waals surface area contributed by atoms with Crippen molar-refractivity contribution in [2.75, 3.05) is 19.0 Å². The molecule has 1 N–H and O–H groups in total. The SMILES string of the molecule is COc1ccc(C)c(S(=O)(=O)N2CCC[C@@H]2C(=O)Nc2cccc(Cl)c2Cl)c1. The van der Waals surface area contributed by atoms with E-state index in [0.29, 0.717) is 34.9 Å². The Morgan fingerprint density at radius 2 is 2.00 bits per heavy atom. The van der Waals surface area contributed by atoms with E-state index < -0.39 is 22.0 Å². The monoisotopic (exact) mass is 442 g/mol. The normalized spacial score (nSPS) is 17.5. The second-order valence-corrected chi connectivity index (χ2v) is 9.14. The summed E-state index contributed by atoms with van der Waals surface area (Å²) in [6.45, 7) is 1.98. The Morgan fingerprint density at radius 3 is 2.71 bits per heavy atom. The van der Waals surface area contributed by atoms with Gasteiger partial charge in [-0.1, -0.05) is 35.3 Å². The van der Waals surface area contributed by atoms with Gasteiger partial charge >= 0.3 is 0 Å². The van der Waals surface area contributed by atoms with Gasteiger partial charge in [-0.2, -0.15) is 4.31 Å². The van der Waals surface area contributed by atoms with E-state index in [9.17, 15) is 13.2 Å². The fourth-order valence-corrected chi connectivity index (χ4v) is 5.46. The smallest absolute Gasteiger partial charge is 0.244 e. The highest BCUT2D eigenvalue weighted by Gasteiger charge is 2.40. The average Bonchev–Trinajstić information content (AvgIpc) is 3.16. The van der Waals surface area contributed by atoms with Crippen molar-refractivity contribution in [2.45, 2.75) is 30.7 Å². The van der Waals surface area contributed by atoms with E-state index in [1.54, 1.807) is 37.3 Å². The number of carbonyl (C=O) groups is 1. The van der Waals surface area contributed by atoms with Crippen molar-refractivity contribution in [1.29, 1.82) is 0 Å². The lowest BCUT2D eigenvalue weighted by Gasteiger charge is -2.24. The number of nitrogens with one attached hydrogen (secondary N) is 1. The number of rotatable bonds is 5. The van der Waals surface area contributed by atoms with Crippen LogP contribution in [0.3, 0.4) is 0 Å². The number of anilines is 1. The maximum atomic E-state index is 13.3. The van der Waals surface area contributed by atoms with Crippen LogP contribution in [0.1, 0.15) is 18.4 Å². The summed E-state index contributed by atoms with van der Waals surface area (Å²) in [7, 11) is -2.40. The summed E-state index contributed by atoms with van der Waals surface area (Å²) in [5, 5.41) is 3.22. The number of carbonyl (C=O) groups excluding carboxylic acids is 1. The van der Waals surface area contributed by atoms with E-state index in [1.807, 2.05) is 0 Å². The third-order valence-corrected chi connectivity index (χ3v) is 7.57. The molecule has 1 fully saturated rings. The molecule has 0 aromatic heterocycles. The van der Waals surface area contributed by atoms with Gasteiger partial charge in [-0.25, -0.2) is 8.42 Å². The van der Waals surface area contributed by atoms with Gasteiger partial charge in [0.2, 0.25) is 15.9 Å². The van der Waals surface area contributed by atoms with E-state index in [4.69, 9.17) is 27.9 Å². The van der Waals surface area contributed by atoms with Crippen molar-refractivity contribution in [2.24, 2.45) is 0 Å². The molecule has 9 heteroatoms. The van der Waals surface area contributed by atoms with Crippen LogP contribution in [0, 0.1) is 6.92 Å². The lowest BCUT2D eigenvalue weighted by molar-refractivity contribution is -0.119. The summed E-state index contributed by atoms with van der Waals surface area (Å²) >= 11 is 12.1. The number of ether oxygens (including phenoxy) is 1. The van der Waals surface area contributed by atoms with Crippen LogP contribution < -0.4 is 10.1 Å². The van der Waals surface area contributed by atoms with Crippen LogP contribution in [0.15, 0.2) is 41.3 Å². The number of sulfonamides is 1. The van der Waals surface area contributed by atoms with Crippen LogP contribution in [0.5, 0.6) is 5.75 Å². The molecule has 0 unspecified atom stereocenters. The quantitative estimate of drug-likeness (QED) is 0.755. The second-order valence-electron chi connectivity index (χ2n) is 6.50. The zero-order chi connectivity index (χ0) is 20.5. The summed E-state index contributed by atoms with van der Waals surface area (Å²) in [6, 6.07) is 8.92. The lowest BCUT2D eigenvalue weighted by Crippen LogP contribution is -2.43. The summed E-state index contributed by atoms with van der Waals surface area (Å²) in [6.07, 6.45) is 1.01. The number of aryl methyl sites for hydroxylation is 1. The predicted octanol–water partition coefficient (Wildman–Crippen LogP) is 4.10. The molecule has 0 radical (unpaired) electrons. The molecule has 2 aromatic rings. The van der Waals surface area contributed by atoms with Crippen LogP contribution >= 0.6 is 23.2 Å². The first-order valence-corrected chi connectivity index (χ1v) is 10.9. The Bertz CT molecular complexity index is 1010. The third kappa shape index (κ3) is 3.98. The average molecular weight is 443 g/mol. The van der Waals surface area contributed by atoms with Crippen LogP contribution in [0.2, 0.25) is 10.0 Å². The number of nitrogens with zero attached hydrogens (tertiary/aromatic N) is 1. The van der Waals surface area contributed by atoms with Crippen molar-refractivity contribution < 1.29 is 17.9 Å². The van der Waals surface area contributed by atoms with Gasteiger partial charge in [0.15, 0.2) is 0 Å². The van der Waals surface area contributed by atoms with E-state index in [2.05, 4.69) is 5.32 Å². The molecular weight excluding hydrogens is 423 g/mol. The molecule has 6 nitrogen and oxygen atoms in total. The molecule has 0 saturated carbocycles. The molecule has 2 aromatic carbocycles. The summed E-state index contributed by atoms with van der Waals surface area (Å²) in [4.78, 5) is 13.0. The zero-order valence-corrected chi connectivity index (χ0v) is 17.7. The van der Waals surface area contributed by atoms with Gasteiger partial charge in [-0.15, -0.1) is 0 Å². The standard InChI is InChI=1S/C19H20Cl2N2O4S/c1-12-8-9-13(27-2)11-17(12)28(25,26)23-10-4-7-16(23)19(24)22-15-6-3-5-14(20)18(15)21/h3,5-6,8-9,11,16H,4,7,10H2,1-2H3,(H,22,24)/t16-/m1/s1. The number of benzene rings is 2. The van der Waals surface area contributed by atoms with Crippen molar-refractivity contribution in [3.05, 3.63) is 52.0 Å². The molecule has 1 saturated heterocycles. The van der Waals surface area contributed by atoms with Gasteiger partial charge in [0.25, 0.3) is 0 Å². The Labute approximate surface area is 174 Å². The van der Waals surface area contributed by atoms with Crippen molar-refractivity contribution in [3.63, 3.8) is 0 Å².